The van der Waals surface area contributed by atoms with Gasteiger partial charge in [0, 0.05) is 12.1 Å². The molecule has 33 heavy (non-hydrogen) atoms. The number of nitrogens with one attached hydrogen (secondary N) is 2. The molecule has 1 aliphatic heterocycles. The van der Waals surface area contributed by atoms with Gasteiger partial charge in [-0.05, 0) is 48.7 Å². The summed E-state index contributed by atoms with van der Waals surface area (Å²) in [5.74, 6) is 1.06. The number of hydrogen-bond donors (Lipinski definition) is 2. The molecule has 9 heteroatoms. The third-order valence-corrected chi connectivity index (χ3v) is 6.63. The van der Waals surface area contributed by atoms with Gasteiger partial charge in [0.25, 0.3) is 15.9 Å². The minimum Gasteiger partial charge on any atom is -0.497 e. The van der Waals surface area contributed by atoms with Crippen LogP contribution in [-0.4, -0.2) is 35.2 Å². The zero-order valence-corrected chi connectivity index (χ0v) is 19.1. The van der Waals surface area contributed by atoms with Gasteiger partial charge in [0.15, 0.2) is 0 Å². The number of methoxy groups -OCH3 is 2. The van der Waals surface area contributed by atoms with Crippen molar-refractivity contribution in [3.63, 3.8) is 0 Å². The first-order valence-electron chi connectivity index (χ1n) is 10.3. The van der Waals surface area contributed by atoms with Crippen LogP contribution in [0.15, 0.2) is 65.6 Å². The van der Waals surface area contributed by atoms with Crippen LogP contribution in [0.5, 0.6) is 17.2 Å². The fraction of sp³-hybridized carbons (Fsp3) is 0.208. The second-order valence-corrected chi connectivity index (χ2v) is 9.08. The largest absolute Gasteiger partial charge is 0.497 e. The number of hydrogen-bond acceptors (Lipinski definition) is 6. The molecule has 172 valence electrons. The number of rotatable bonds is 7. The van der Waals surface area contributed by atoms with Crippen LogP contribution < -0.4 is 24.2 Å². The van der Waals surface area contributed by atoms with E-state index in [9.17, 15) is 13.2 Å². The summed E-state index contributed by atoms with van der Waals surface area (Å²) < 4.78 is 44.7. The highest BCUT2D eigenvalue weighted by molar-refractivity contribution is 7.92. The minimum absolute atomic E-state index is 0.0650. The molecule has 1 aliphatic rings. The maximum atomic E-state index is 13.1. The Morgan fingerprint density at radius 2 is 1.79 bits per heavy atom. The van der Waals surface area contributed by atoms with E-state index in [4.69, 9.17) is 14.2 Å². The maximum Gasteiger partial charge on any atom is 0.262 e. The summed E-state index contributed by atoms with van der Waals surface area (Å²) in [5.41, 5.74) is 1.72. The van der Waals surface area contributed by atoms with Crippen molar-refractivity contribution in [1.29, 1.82) is 0 Å². The molecule has 3 aromatic carbocycles. The normalized spacial score (nSPS) is 12.8. The molecule has 2 N–H and O–H groups in total. The van der Waals surface area contributed by atoms with Gasteiger partial charge in [0.05, 0.1) is 42.7 Å². The summed E-state index contributed by atoms with van der Waals surface area (Å²) in [6, 6.07) is 16.2. The molecule has 0 radical (unpaired) electrons. The lowest BCUT2D eigenvalue weighted by molar-refractivity contribution is 0.102. The number of carbonyl (C=O) groups excluding carboxylic acids is 1. The van der Waals surface area contributed by atoms with Gasteiger partial charge in [-0.2, -0.15) is 0 Å². The Morgan fingerprint density at radius 3 is 2.58 bits per heavy atom. The van der Waals surface area contributed by atoms with E-state index in [1.807, 2.05) is 0 Å². The third kappa shape index (κ3) is 4.88. The minimum atomic E-state index is -3.95. The molecule has 0 unspecified atom stereocenters. The Hall–Kier alpha value is -3.72. The quantitative estimate of drug-likeness (QED) is 0.542. The maximum absolute atomic E-state index is 13.1. The van der Waals surface area contributed by atoms with Crippen molar-refractivity contribution in [1.82, 2.24) is 0 Å². The van der Waals surface area contributed by atoms with Crippen LogP contribution in [0.3, 0.4) is 0 Å². The lowest BCUT2D eigenvalue weighted by Crippen LogP contribution is -2.19. The molecule has 0 saturated carbocycles. The van der Waals surface area contributed by atoms with Gasteiger partial charge >= 0.3 is 0 Å². The summed E-state index contributed by atoms with van der Waals surface area (Å²) in [6.45, 7) is 0.557. The standard InChI is InChI=1S/C24H24N2O6S/c1-30-17-10-12-21(23(14-17)31-2)25-24(27)19-7-3-4-8-20(19)26-33(28,29)18-11-9-16-6-5-13-32-22(16)15-18/h3-4,7-12,14-15,26H,5-6,13H2,1-2H3,(H,25,27). The molecule has 1 amide bonds. The highest BCUT2D eigenvalue weighted by atomic mass is 32.2. The molecule has 0 saturated heterocycles. The number of anilines is 2. The molecular weight excluding hydrogens is 444 g/mol. The van der Waals surface area contributed by atoms with E-state index < -0.39 is 15.9 Å². The Bertz CT molecular complexity index is 1290. The first-order chi connectivity index (χ1) is 15.9. The second-order valence-electron chi connectivity index (χ2n) is 7.39. The van der Waals surface area contributed by atoms with E-state index in [2.05, 4.69) is 10.0 Å². The Balaban J connectivity index is 1.59. The molecule has 4 rings (SSSR count). The van der Waals surface area contributed by atoms with Crippen LogP contribution in [0.2, 0.25) is 0 Å². The van der Waals surface area contributed by atoms with E-state index in [0.717, 1.165) is 18.4 Å². The average Bonchev–Trinajstić information content (AvgIpc) is 2.84. The van der Waals surface area contributed by atoms with Crippen molar-refractivity contribution in [2.24, 2.45) is 0 Å². The number of benzene rings is 3. The van der Waals surface area contributed by atoms with Gasteiger partial charge in [-0.15, -0.1) is 0 Å². The van der Waals surface area contributed by atoms with Gasteiger partial charge < -0.3 is 19.5 Å². The van der Waals surface area contributed by atoms with E-state index >= 15 is 0 Å². The fourth-order valence-electron chi connectivity index (χ4n) is 3.55. The molecule has 3 aromatic rings. The first-order valence-corrected chi connectivity index (χ1v) is 11.8. The molecule has 0 atom stereocenters. The van der Waals surface area contributed by atoms with Crippen molar-refractivity contribution >= 4 is 27.3 Å². The van der Waals surface area contributed by atoms with Crippen LogP contribution in [0.1, 0.15) is 22.3 Å². The SMILES string of the molecule is COc1ccc(NC(=O)c2ccccc2NS(=O)(=O)c2ccc3c(c2)OCCC3)c(OC)c1. The average molecular weight is 469 g/mol. The number of sulfonamides is 1. The zero-order chi connectivity index (χ0) is 23.4. The Kier molecular flexibility index (Phi) is 6.41. The zero-order valence-electron chi connectivity index (χ0n) is 18.3. The lowest BCUT2D eigenvalue weighted by Gasteiger charge is -2.18. The van der Waals surface area contributed by atoms with Crippen molar-refractivity contribution in [2.45, 2.75) is 17.7 Å². The van der Waals surface area contributed by atoms with Crippen molar-refractivity contribution in [3.05, 3.63) is 71.8 Å². The number of carbonyl (C=O) groups is 1. The predicted octanol–water partition coefficient (Wildman–Crippen LogP) is 4.08. The van der Waals surface area contributed by atoms with Crippen LogP contribution in [0.25, 0.3) is 0 Å². The van der Waals surface area contributed by atoms with Crippen LogP contribution in [-0.2, 0) is 16.4 Å². The molecule has 0 spiro atoms. The molecule has 0 aliphatic carbocycles. The van der Waals surface area contributed by atoms with Gasteiger partial charge in [-0.1, -0.05) is 18.2 Å². The van der Waals surface area contributed by atoms with Crippen LogP contribution in [0.4, 0.5) is 11.4 Å². The summed E-state index contributed by atoms with van der Waals surface area (Å²) in [6.07, 6.45) is 1.75. The van der Waals surface area contributed by atoms with Gasteiger partial charge in [-0.25, -0.2) is 8.42 Å². The summed E-state index contributed by atoms with van der Waals surface area (Å²) >= 11 is 0. The summed E-state index contributed by atoms with van der Waals surface area (Å²) in [7, 11) is -0.936. The predicted molar refractivity (Wildman–Crippen MR) is 125 cm³/mol. The van der Waals surface area contributed by atoms with Crippen molar-refractivity contribution in [2.75, 3.05) is 30.9 Å². The fourth-order valence-corrected chi connectivity index (χ4v) is 4.65. The monoisotopic (exact) mass is 468 g/mol. The van der Waals surface area contributed by atoms with E-state index in [1.54, 1.807) is 48.5 Å². The molecule has 8 nitrogen and oxygen atoms in total. The molecule has 0 fully saturated rings. The number of para-hydroxylation sites is 1. The van der Waals surface area contributed by atoms with Crippen molar-refractivity contribution < 1.29 is 27.4 Å². The number of aryl methyl sites for hydroxylation is 1. The second kappa shape index (κ2) is 9.41. The lowest BCUT2D eigenvalue weighted by atomic mass is 10.1. The van der Waals surface area contributed by atoms with Crippen molar-refractivity contribution in [3.8, 4) is 17.2 Å². The van der Waals surface area contributed by atoms with E-state index in [-0.39, 0.29) is 16.1 Å². The van der Waals surface area contributed by atoms with Crippen LogP contribution >= 0.6 is 0 Å². The topological polar surface area (TPSA) is 103 Å². The highest BCUT2D eigenvalue weighted by Gasteiger charge is 2.22. The molecular formula is C24H24N2O6S. The molecule has 0 aromatic heterocycles. The van der Waals surface area contributed by atoms with E-state index in [0.29, 0.717) is 29.5 Å². The Morgan fingerprint density at radius 1 is 0.970 bits per heavy atom. The third-order valence-electron chi connectivity index (χ3n) is 5.27. The Labute approximate surface area is 192 Å². The number of ether oxygens (including phenoxy) is 3. The molecule has 0 bridgehead atoms. The highest BCUT2D eigenvalue weighted by Crippen LogP contribution is 2.31. The summed E-state index contributed by atoms with van der Waals surface area (Å²) in [4.78, 5) is 13.1. The van der Waals surface area contributed by atoms with Crippen LogP contribution in [0, 0.1) is 0 Å². The van der Waals surface area contributed by atoms with Gasteiger partial charge in [-0.3, -0.25) is 9.52 Å². The summed E-state index contributed by atoms with van der Waals surface area (Å²) in [5, 5.41) is 2.76. The first kappa shape index (κ1) is 22.5. The number of amides is 1. The van der Waals surface area contributed by atoms with Gasteiger partial charge in [0.1, 0.15) is 17.2 Å². The van der Waals surface area contributed by atoms with E-state index in [1.165, 1.54) is 26.4 Å². The van der Waals surface area contributed by atoms with Gasteiger partial charge in [0.2, 0.25) is 0 Å². The number of fused-ring (bicyclic) bond motifs is 1. The molecule has 1 heterocycles. The smallest absolute Gasteiger partial charge is 0.262 e.